The van der Waals surface area contributed by atoms with Gasteiger partial charge in [-0.15, -0.1) is 0 Å². The van der Waals surface area contributed by atoms with Gasteiger partial charge in [0.05, 0.1) is 5.41 Å². The number of benzene rings is 2. The van der Waals surface area contributed by atoms with Crippen LogP contribution in [-0.4, -0.2) is 39.4 Å². The van der Waals surface area contributed by atoms with Crippen LogP contribution in [-0.2, 0) is 10.2 Å². The normalized spacial score (nSPS) is 21.5. The summed E-state index contributed by atoms with van der Waals surface area (Å²) < 4.78 is 6.01. The second kappa shape index (κ2) is 5.88. The van der Waals surface area contributed by atoms with E-state index in [1.165, 1.54) is 29.2 Å². The summed E-state index contributed by atoms with van der Waals surface area (Å²) >= 11 is 0. The van der Waals surface area contributed by atoms with Gasteiger partial charge in [-0.25, -0.2) is 0 Å². The molecule has 132 valence electrons. The molecule has 2 aromatic rings. The molecule has 1 aliphatic rings. The lowest BCUT2D eigenvalue weighted by molar-refractivity contribution is -0.138. The number of fused-ring (bicyclic) bond motifs is 1. The Morgan fingerprint density at radius 3 is 2.36 bits per heavy atom. The average molecular weight is 343 g/mol. The Bertz CT molecular complexity index is 835. The Kier molecular flexibility index (Phi) is 3.99. The van der Waals surface area contributed by atoms with E-state index >= 15 is 0 Å². The van der Waals surface area contributed by atoms with Crippen LogP contribution in [0.5, 0.6) is 23.0 Å². The molecule has 0 unspecified atom stereocenters. The Morgan fingerprint density at radius 2 is 1.72 bits per heavy atom. The van der Waals surface area contributed by atoms with E-state index in [0.717, 1.165) is 0 Å². The molecule has 6 heteroatoms. The molecule has 0 saturated carbocycles. The molecule has 0 spiro atoms. The number of nitrogens with zero attached hydrogens (tertiary/aromatic N) is 1. The maximum absolute atomic E-state index is 12.3. The van der Waals surface area contributed by atoms with Crippen molar-refractivity contribution in [1.29, 1.82) is 0 Å². The first-order valence-corrected chi connectivity index (χ1v) is 8.07. The van der Waals surface area contributed by atoms with Crippen molar-refractivity contribution < 1.29 is 24.9 Å². The molecule has 1 amide bonds. The van der Waals surface area contributed by atoms with Gasteiger partial charge in [-0.3, -0.25) is 4.79 Å². The average Bonchev–Trinajstić information content (AvgIpc) is 2.89. The molecule has 3 rings (SSSR count). The molecular weight excluding hydrogens is 322 g/mol. The van der Waals surface area contributed by atoms with Crippen LogP contribution in [0.2, 0.25) is 0 Å². The number of phenols is 3. The third kappa shape index (κ3) is 2.54. The quantitative estimate of drug-likeness (QED) is 0.746. The largest absolute Gasteiger partial charge is 0.508 e. The van der Waals surface area contributed by atoms with Crippen molar-refractivity contribution in [3.8, 4) is 23.0 Å². The number of amides is 1. The van der Waals surface area contributed by atoms with Gasteiger partial charge < -0.3 is 25.0 Å². The third-order valence-corrected chi connectivity index (χ3v) is 4.84. The maximum atomic E-state index is 12.3. The molecule has 0 saturated heterocycles. The number of carbonyl (C=O) groups is 1. The molecule has 2 atom stereocenters. The molecule has 0 radical (unpaired) electrons. The molecule has 1 heterocycles. The summed E-state index contributed by atoms with van der Waals surface area (Å²) in [6.07, 6.45) is -0.426. The first-order valence-electron chi connectivity index (χ1n) is 8.07. The number of phenolic OH excluding ortho intramolecular Hbond substituents is 3. The van der Waals surface area contributed by atoms with Gasteiger partial charge in [-0.05, 0) is 43.3 Å². The molecular formula is C19H21NO5. The number of aromatic hydroxyl groups is 3. The Hall–Kier alpha value is -2.89. The SMILES string of the molecule is CCC(=O)N(C)[C@@H]1Oc2ccc(O)cc2[C@@]1(C)c1cc(O)ccc1O. The maximum Gasteiger partial charge on any atom is 0.224 e. The summed E-state index contributed by atoms with van der Waals surface area (Å²) in [5, 5.41) is 30.3. The van der Waals surface area contributed by atoms with Gasteiger partial charge in [-0.2, -0.15) is 0 Å². The highest BCUT2D eigenvalue weighted by Gasteiger charge is 2.51. The lowest BCUT2D eigenvalue weighted by Crippen LogP contribution is -2.50. The summed E-state index contributed by atoms with van der Waals surface area (Å²) in [7, 11) is 1.64. The van der Waals surface area contributed by atoms with Crippen LogP contribution in [0.15, 0.2) is 36.4 Å². The van der Waals surface area contributed by atoms with E-state index in [2.05, 4.69) is 0 Å². The van der Waals surface area contributed by atoms with Crippen molar-refractivity contribution in [3.63, 3.8) is 0 Å². The molecule has 0 aromatic heterocycles. The minimum absolute atomic E-state index is 0.00847. The summed E-state index contributed by atoms with van der Waals surface area (Å²) in [5.74, 6) is 0.420. The number of likely N-dealkylation sites (N-methyl/N-ethyl adjacent to an activating group) is 1. The van der Waals surface area contributed by atoms with Gasteiger partial charge in [0, 0.05) is 24.6 Å². The van der Waals surface area contributed by atoms with Crippen LogP contribution < -0.4 is 4.74 Å². The Balaban J connectivity index is 2.25. The standard InChI is InChI=1S/C19H21NO5/c1-4-17(24)20(3)18-19(2,13-9-11(21)5-7-15(13)23)14-10-12(22)6-8-16(14)25-18/h5-10,18,21-23H,4H2,1-3H3/t18-,19-/m1/s1. The second-order valence-electron chi connectivity index (χ2n) is 6.41. The van der Waals surface area contributed by atoms with Crippen LogP contribution in [0.4, 0.5) is 0 Å². The van der Waals surface area contributed by atoms with Crippen molar-refractivity contribution in [2.75, 3.05) is 7.05 Å². The van der Waals surface area contributed by atoms with Crippen LogP contribution in [0, 0.1) is 0 Å². The molecule has 0 bridgehead atoms. The fourth-order valence-electron chi connectivity index (χ4n) is 3.46. The van der Waals surface area contributed by atoms with Crippen molar-refractivity contribution in [2.24, 2.45) is 0 Å². The number of ether oxygens (including phenoxy) is 1. The zero-order chi connectivity index (χ0) is 18.4. The van der Waals surface area contributed by atoms with Gasteiger partial charge in [0.2, 0.25) is 5.91 Å². The van der Waals surface area contributed by atoms with E-state index in [1.54, 1.807) is 26.1 Å². The molecule has 2 aromatic carbocycles. The number of hydrogen-bond acceptors (Lipinski definition) is 5. The number of carbonyl (C=O) groups excluding carboxylic acids is 1. The number of rotatable bonds is 3. The van der Waals surface area contributed by atoms with Gasteiger partial charge in [0.15, 0.2) is 6.23 Å². The van der Waals surface area contributed by atoms with Crippen LogP contribution in [0.3, 0.4) is 0 Å². The first-order chi connectivity index (χ1) is 11.8. The fourth-order valence-corrected chi connectivity index (χ4v) is 3.46. The summed E-state index contributed by atoms with van der Waals surface area (Å²) in [4.78, 5) is 13.8. The van der Waals surface area contributed by atoms with Gasteiger partial charge in [0.1, 0.15) is 23.0 Å². The highest BCUT2D eigenvalue weighted by atomic mass is 16.5. The Morgan fingerprint density at radius 1 is 1.12 bits per heavy atom. The fraction of sp³-hybridized carbons (Fsp3) is 0.316. The van der Waals surface area contributed by atoms with Gasteiger partial charge in [0.25, 0.3) is 0 Å². The van der Waals surface area contributed by atoms with E-state index in [4.69, 9.17) is 4.74 Å². The van der Waals surface area contributed by atoms with Crippen LogP contribution in [0.1, 0.15) is 31.4 Å². The second-order valence-corrected chi connectivity index (χ2v) is 6.41. The molecule has 6 nitrogen and oxygen atoms in total. The predicted molar refractivity (Wildman–Crippen MR) is 91.8 cm³/mol. The van der Waals surface area contributed by atoms with E-state index in [-0.39, 0.29) is 23.2 Å². The summed E-state index contributed by atoms with van der Waals surface area (Å²) in [6.45, 7) is 3.58. The monoisotopic (exact) mass is 343 g/mol. The highest BCUT2D eigenvalue weighted by molar-refractivity contribution is 5.76. The summed E-state index contributed by atoms with van der Waals surface area (Å²) in [6, 6.07) is 8.93. The van der Waals surface area contributed by atoms with Crippen molar-refractivity contribution >= 4 is 5.91 Å². The minimum Gasteiger partial charge on any atom is -0.508 e. The molecule has 1 aliphatic heterocycles. The van der Waals surface area contributed by atoms with Crippen molar-refractivity contribution in [2.45, 2.75) is 31.9 Å². The topological polar surface area (TPSA) is 90.2 Å². The molecule has 25 heavy (non-hydrogen) atoms. The third-order valence-electron chi connectivity index (χ3n) is 4.84. The minimum atomic E-state index is -0.976. The molecule has 3 N–H and O–H groups in total. The van der Waals surface area contributed by atoms with E-state index < -0.39 is 11.6 Å². The van der Waals surface area contributed by atoms with E-state index in [9.17, 15) is 20.1 Å². The van der Waals surface area contributed by atoms with Crippen molar-refractivity contribution in [1.82, 2.24) is 4.90 Å². The van der Waals surface area contributed by atoms with Crippen molar-refractivity contribution in [3.05, 3.63) is 47.5 Å². The summed E-state index contributed by atoms with van der Waals surface area (Å²) in [5.41, 5.74) is 0.0722. The van der Waals surface area contributed by atoms with Crippen LogP contribution in [0.25, 0.3) is 0 Å². The lowest BCUT2D eigenvalue weighted by Gasteiger charge is -2.37. The smallest absolute Gasteiger partial charge is 0.224 e. The zero-order valence-electron chi connectivity index (χ0n) is 14.4. The van der Waals surface area contributed by atoms with E-state index in [1.807, 2.05) is 6.92 Å². The van der Waals surface area contributed by atoms with Gasteiger partial charge in [-0.1, -0.05) is 6.92 Å². The van der Waals surface area contributed by atoms with E-state index in [0.29, 0.717) is 23.3 Å². The lowest BCUT2D eigenvalue weighted by atomic mass is 9.74. The first kappa shape index (κ1) is 17.0. The predicted octanol–water partition coefficient (Wildman–Crippen LogP) is 2.70. The zero-order valence-corrected chi connectivity index (χ0v) is 14.4. The molecule has 0 fully saturated rings. The van der Waals surface area contributed by atoms with Crippen LogP contribution >= 0.6 is 0 Å². The Labute approximate surface area is 145 Å². The highest BCUT2D eigenvalue weighted by Crippen LogP contribution is 2.51. The number of hydrogen-bond donors (Lipinski definition) is 3. The molecule has 0 aliphatic carbocycles. The van der Waals surface area contributed by atoms with Gasteiger partial charge >= 0.3 is 0 Å².